The summed E-state index contributed by atoms with van der Waals surface area (Å²) >= 11 is 1.65. The Labute approximate surface area is 150 Å². The van der Waals surface area contributed by atoms with Crippen molar-refractivity contribution in [2.75, 3.05) is 0 Å². The molecule has 0 radical (unpaired) electrons. The lowest BCUT2D eigenvalue weighted by Gasteiger charge is -2.19. The van der Waals surface area contributed by atoms with E-state index in [-0.39, 0.29) is 11.9 Å². The van der Waals surface area contributed by atoms with Crippen LogP contribution in [0, 0.1) is 13.8 Å². The highest BCUT2D eigenvalue weighted by Gasteiger charge is 2.24. The SMILES string of the molecule is Cc1noc(C)c1C(=O)N[C@H](c1ccc2c(c1)CCC2)c1cccs1. The molecule has 1 aliphatic rings. The average Bonchev–Trinajstić information content (AvgIpc) is 3.33. The first-order valence-corrected chi connectivity index (χ1v) is 9.40. The van der Waals surface area contributed by atoms with Gasteiger partial charge < -0.3 is 9.84 Å². The first-order valence-electron chi connectivity index (χ1n) is 8.52. The van der Waals surface area contributed by atoms with Gasteiger partial charge in [-0.15, -0.1) is 11.3 Å². The van der Waals surface area contributed by atoms with Gasteiger partial charge >= 0.3 is 0 Å². The van der Waals surface area contributed by atoms with Crippen molar-refractivity contribution < 1.29 is 9.32 Å². The molecule has 0 fully saturated rings. The largest absolute Gasteiger partial charge is 0.361 e. The molecule has 0 spiro atoms. The minimum atomic E-state index is -0.160. The topological polar surface area (TPSA) is 55.1 Å². The minimum absolute atomic E-state index is 0.143. The second-order valence-corrected chi connectivity index (χ2v) is 7.48. The summed E-state index contributed by atoms with van der Waals surface area (Å²) in [5.74, 6) is 0.407. The lowest BCUT2D eigenvalue weighted by Crippen LogP contribution is -2.29. The molecule has 0 unspecified atom stereocenters. The van der Waals surface area contributed by atoms with Gasteiger partial charge in [0.15, 0.2) is 0 Å². The van der Waals surface area contributed by atoms with E-state index in [1.54, 1.807) is 25.2 Å². The van der Waals surface area contributed by atoms with E-state index in [1.807, 2.05) is 11.4 Å². The van der Waals surface area contributed by atoms with Crippen molar-refractivity contribution in [3.63, 3.8) is 0 Å². The fraction of sp³-hybridized carbons (Fsp3) is 0.300. The number of nitrogens with zero attached hydrogens (tertiary/aromatic N) is 1. The van der Waals surface area contributed by atoms with Crippen LogP contribution < -0.4 is 5.32 Å². The van der Waals surface area contributed by atoms with Crippen LogP contribution in [-0.2, 0) is 12.8 Å². The molecule has 2 heterocycles. The monoisotopic (exact) mass is 352 g/mol. The Morgan fingerprint density at radius 2 is 2.08 bits per heavy atom. The molecule has 4 rings (SSSR count). The maximum Gasteiger partial charge on any atom is 0.257 e. The highest BCUT2D eigenvalue weighted by atomic mass is 32.1. The van der Waals surface area contributed by atoms with Gasteiger partial charge in [-0.1, -0.05) is 29.4 Å². The third-order valence-electron chi connectivity index (χ3n) is 4.82. The van der Waals surface area contributed by atoms with E-state index in [2.05, 4.69) is 34.7 Å². The van der Waals surface area contributed by atoms with Crippen molar-refractivity contribution in [2.24, 2.45) is 0 Å². The summed E-state index contributed by atoms with van der Waals surface area (Å²) in [6.45, 7) is 3.56. The van der Waals surface area contributed by atoms with Crippen LogP contribution in [0.5, 0.6) is 0 Å². The van der Waals surface area contributed by atoms with Crippen LogP contribution in [0.1, 0.15) is 55.8 Å². The summed E-state index contributed by atoms with van der Waals surface area (Å²) in [5.41, 5.74) is 5.12. The van der Waals surface area contributed by atoms with Crippen LogP contribution in [-0.4, -0.2) is 11.1 Å². The van der Waals surface area contributed by atoms with Gasteiger partial charge in [0.1, 0.15) is 11.3 Å². The normalized spacial score (nSPS) is 14.3. The molecule has 1 N–H and O–H groups in total. The molecular weight excluding hydrogens is 332 g/mol. The first kappa shape index (κ1) is 16.1. The Balaban J connectivity index is 1.69. The number of aryl methyl sites for hydroxylation is 4. The smallest absolute Gasteiger partial charge is 0.257 e. The Hall–Kier alpha value is -2.40. The van der Waals surface area contributed by atoms with Crippen LogP contribution in [0.2, 0.25) is 0 Å². The van der Waals surface area contributed by atoms with Gasteiger partial charge in [-0.3, -0.25) is 4.79 Å². The fourth-order valence-corrected chi connectivity index (χ4v) is 4.36. The maximum atomic E-state index is 12.9. The van der Waals surface area contributed by atoms with Crippen molar-refractivity contribution in [3.05, 3.63) is 74.3 Å². The molecule has 1 amide bonds. The molecule has 5 heteroatoms. The van der Waals surface area contributed by atoms with Gasteiger partial charge in [-0.05, 0) is 61.2 Å². The molecule has 0 aliphatic heterocycles. The average molecular weight is 352 g/mol. The summed E-state index contributed by atoms with van der Waals surface area (Å²) in [5, 5.41) is 9.12. The van der Waals surface area contributed by atoms with Gasteiger partial charge in [0.05, 0.1) is 11.7 Å². The molecule has 0 saturated carbocycles. The molecule has 1 atom stereocenters. The van der Waals surface area contributed by atoms with Crippen molar-refractivity contribution in [3.8, 4) is 0 Å². The quantitative estimate of drug-likeness (QED) is 0.759. The minimum Gasteiger partial charge on any atom is -0.361 e. The summed E-state index contributed by atoms with van der Waals surface area (Å²) in [4.78, 5) is 14.0. The molecule has 128 valence electrons. The Bertz CT molecular complexity index is 892. The summed E-state index contributed by atoms with van der Waals surface area (Å²) in [6.07, 6.45) is 3.50. The van der Waals surface area contributed by atoms with E-state index >= 15 is 0 Å². The van der Waals surface area contributed by atoms with Gasteiger partial charge in [0.25, 0.3) is 5.91 Å². The van der Waals surface area contributed by atoms with Crippen molar-refractivity contribution in [1.82, 2.24) is 10.5 Å². The highest BCUT2D eigenvalue weighted by Crippen LogP contribution is 2.31. The van der Waals surface area contributed by atoms with E-state index < -0.39 is 0 Å². The predicted molar refractivity (Wildman–Crippen MR) is 98.1 cm³/mol. The predicted octanol–water partition coefficient (Wildman–Crippen LogP) is 4.36. The molecule has 3 aromatic rings. The second kappa shape index (κ2) is 6.48. The number of carbonyl (C=O) groups excluding carboxylic acids is 1. The molecule has 1 aromatic carbocycles. The second-order valence-electron chi connectivity index (χ2n) is 6.50. The number of rotatable bonds is 4. The zero-order chi connectivity index (χ0) is 17.4. The number of amides is 1. The van der Waals surface area contributed by atoms with E-state index in [4.69, 9.17) is 4.52 Å². The van der Waals surface area contributed by atoms with Gasteiger partial charge in [0, 0.05) is 4.88 Å². The summed E-state index contributed by atoms with van der Waals surface area (Å²) < 4.78 is 5.15. The van der Waals surface area contributed by atoms with Crippen molar-refractivity contribution in [1.29, 1.82) is 0 Å². The van der Waals surface area contributed by atoms with Crippen LogP contribution in [0.15, 0.2) is 40.2 Å². The fourth-order valence-electron chi connectivity index (χ4n) is 3.56. The number of hydrogen-bond donors (Lipinski definition) is 1. The zero-order valence-corrected chi connectivity index (χ0v) is 15.2. The van der Waals surface area contributed by atoms with Crippen molar-refractivity contribution >= 4 is 17.2 Å². The molecule has 0 saturated heterocycles. The number of hydrogen-bond acceptors (Lipinski definition) is 4. The van der Waals surface area contributed by atoms with Crippen molar-refractivity contribution in [2.45, 2.75) is 39.2 Å². The third-order valence-corrected chi connectivity index (χ3v) is 5.76. The number of aromatic nitrogens is 1. The third kappa shape index (κ3) is 3.00. The lowest BCUT2D eigenvalue weighted by atomic mass is 9.99. The summed E-state index contributed by atoms with van der Waals surface area (Å²) in [7, 11) is 0. The Kier molecular flexibility index (Phi) is 4.17. The molecule has 0 bridgehead atoms. The summed E-state index contributed by atoms with van der Waals surface area (Å²) in [6, 6.07) is 10.5. The van der Waals surface area contributed by atoms with E-state index in [0.29, 0.717) is 17.0 Å². The molecule has 2 aromatic heterocycles. The van der Waals surface area contributed by atoms with Gasteiger partial charge in [-0.25, -0.2) is 0 Å². The molecule has 4 nitrogen and oxygen atoms in total. The van der Waals surface area contributed by atoms with E-state index in [0.717, 1.165) is 23.3 Å². The van der Waals surface area contributed by atoms with E-state index in [1.165, 1.54) is 17.5 Å². The number of benzene rings is 1. The number of fused-ring (bicyclic) bond motifs is 1. The first-order chi connectivity index (χ1) is 12.1. The number of thiophene rings is 1. The Morgan fingerprint density at radius 3 is 2.80 bits per heavy atom. The zero-order valence-electron chi connectivity index (χ0n) is 14.3. The van der Waals surface area contributed by atoms with Crippen LogP contribution in [0.3, 0.4) is 0 Å². The number of nitrogens with one attached hydrogen (secondary N) is 1. The van der Waals surface area contributed by atoms with Crippen LogP contribution in [0.4, 0.5) is 0 Å². The Morgan fingerprint density at radius 1 is 1.24 bits per heavy atom. The lowest BCUT2D eigenvalue weighted by molar-refractivity contribution is 0.0941. The van der Waals surface area contributed by atoms with Crippen LogP contribution >= 0.6 is 11.3 Å². The van der Waals surface area contributed by atoms with Gasteiger partial charge in [-0.2, -0.15) is 0 Å². The standard InChI is InChI=1S/C20H20N2O2S/c1-12-18(13(2)24-22-12)20(23)21-19(17-7-4-10-25-17)16-9-8-14-5-3-6-15(14)11-16/h4,7-11,19H,3,5-6H2,1-2H3,(H,21,23)/t19-/m1/s1. The molecular formula is C20H20N2O2S. The highest BCUT2D eigenvalue weighted by molar-refractivity contribution is 7.10. The number of carbonyl (C=O) groups is 1. The molecule has 1 aliphatic carbocycles. The van der Waals surface area contributed by atoms with Gasteiger partial charge in [0.2, 0.25) is 0 Å². The van der Waals surface area contributed by atoms with E-state index in [9.17, 15) is 4.79 Å². The van der Waals surface area contributed by atoms with Crippen LogP contribution in [0.25, 0.3) is 0 Å². The maximum absolute atomic E-state index is 12.9. The molecule has 25 heavy (non-hydrogen) atoms.